The van der Waals surface area contributed by atoms with Crippen LogP contribution in [0.2, 0.25) is 0 Å². The number of hydrogen-bond acceptors (Lipinski definition) is 20. The summed E-state index contributed by atoms with van der Waals surface area (Å²) in [7, 11) is 6.10. The fourth-order valence-corrected chi connectivity index (χ4v) is 9.47. The Morgan fingerprint density at radius 1 is 0.440 bits per heavy atom. The summed E-state index contributed by atoms with van der Waals surface area (Å²) in [5.41, 5.74) is 7.83. The van der Waals surface area contributed by atoms with E-state index >= 15 is 0 Å². The summed E-state index contributed by atoms with van der Waals surface area (Å²) >= 11 is 2.11. The smallest absolute Gasteiger partial charge is 0.370 e. The molecule has 0 N–H and O–H groups in total. The highest BCUT2D eigenvalue weighted by Crippen LogP contribution is 2.44. The van der Waals surface area contributed by atoms with E-state index in [0.717, 1.165) is 116 Å². The van der Waals surface area contributed by atoms with Crippen LogP contribution in [0.25, 0.3) is 23.5 Å². The van der Waals surface area contributed by atoms with Crippen molar-refractivity contribution in [2.24, 2.45) is 28.2 Å². The van der Waals surface area contributed by atoms with Crippen LogP contribution >= 0.6 is 22.6 Å². The van der Waals surface area contributed by atoms with Crippen LogP contribution in [-0.4, -0.2) is 79.2 Å². The fraction of sp³-hybridized carbons (Fsp3) is 0.290. The van der Waals surface area contributed by atoms with E-state index in [9.17, 15) is 19.2 Å². The predicted molar refractivity (Wildman–Crippen MR) is 336 cm³/mol. The zero-order valence-corrected chi connectivity index (χ0v) is 53.4. The number of para-hydroxylation sites is 4. The van der Waals surface area contributed by atoms with Crippen LogP contribution in [0.3, 0.4) is 0 Å². The van der Waals surface area contributed by atoms with Gasteiger partial charge in [0.2, 0.25) is 23.5 Å². The summed E-state index contributed by atoms with van der Waals surface area (Å²) in [4.78, 5) is 48.2. The topological polar surface area (TPSA) is 300 Å². The number of furan rings is 4. The van der Waals surface area contributed by atoms with E-state index in [0.29, 0.717) is 82.2 Å². The van der Waals surface area contributed by atoms with E-state index in [4.69, 9.17) is 42.1 Å². The molecule has 28 nitrogen and oxygen atoms in total. The molecule has 1 aliphatic carbocycles. The second-order valence-corrected chi connectivity index (χ2v) is 22.0. The number of hydrogen-bond donors (Lipinski definition) is 0. The zero-order chi connectivity index (χ0) is 67.9. The number of nitrogens with zero attached hydrogens (tertiary/aromatic N) is 16. The average molecular weight is 1360 g/mol. The molecule has 472 valence electrons. The van der Waals surface area contributed by atoms with Gasteiger partial charge in [-0.25, -0.2) is 19.2 Å². The lowest BCUT2D eigenvalue weighted by atomic mass is 10.1. The highest BCUT2D eigenvalue weighted by Gasteiger charge is 2.32. The maximum atomic E-state index is 12.2. The highest BCUT2D eigenvalue weighted by molar-refractivity contribution is 14.1. The van der Waals surface area contributed by atoms with E-state index in [-0.39, 0.29) is 37.8 Å². The Kier molecular flexibility index (Phi) is 18.1. The quantitative estimate of drug-likeness (QED) is 0.0732. The Balaban J connectivity index is 0.000000138. The molecule has 0 radical (unpaired) electrons. The van der Waals surface area contributed by atoms with Crippen molar-refractivity contribution in [3.05, 3.63) is 229 Å². The largest absolute Gasteiger partial charge is 0.488 e. The van der Waals surface area contributed by atoms with Gasteiger partial charge < -0.3 is 36.6 Å². The molecule has 4 aromatic carbocycles. The number of ether oxygens (including phenoxy) is 4. The number of aromatic nitrogens is 16. The Labute approximate surface area is 538 Å². The summed E-state index contributed by atoms with van der Waals surface area (Å²) < 4.78 is 85.8. The van der Waals surface area contributed by atoms with Gasteiger partial charge in [0.15, 0.2) is 0 Å². The minimum atomic E-state index is -0.397. The molecule has 0 saturated heterocycles. The second-order valence-electron chi connectivity index (χ2n) is 20.8. The summed E-state index contributed by atoms with van der Waals surface area (Å²) in [5, 5.41) is 30.1. The molecule has 8 aromatic heterocycles. The monoisotopic (exact) mass is 1360 g/mol. The number of tetrazole rings is 4. The van der Waals surface area contributed by atoms with Gasteiger partial charge in [0.05, 0.1) is 50.1 Å². The molecule has 0 unspecified atom stereocenters. The molecular formula is C62H65IN16O12. The Morgan fingerprint density at radius 2 is 0.769 bits per heavy atom. The number of rotatable bonds is 18. The van der Waals surface area contributed by atoms with Crippen LogP contribution in [0.1, 0.15) is 92.4 Å². The van der Waals surface area contributed by atoms with Crippen LogP contribution < -0.4 is 41.7 Å². The van der Waals surface area contributed by atoms with Crippen molar-refractivity contribution < 1.29 is 42.1 Å². The molecule has 0 spiro atoms. The van der Waals surface area contributed by atoms with Crippen LogP contribution in [-0.2, 0) is 61.0 Å². The van der Waals surface area contributed by atoms with Crippen LogP contribution in [0, 0.1) is 38.2 Å². The lowest BCUT2D eigenvalue weighted by molar-refractivity contribution is 0.300. The van der Waals surface area contributed by atoms with Gasteiger partial charge in [-0.15, -0.1) is 18.7 Å². The van der Waals surface area contributed by atoms with Gasteiger partial charge in [-0.3, -0.25) is 0 Å². The zero-order valence-electron chi connectivity index (χ0n) is 55.2. The van der Waals surface area contributed by atoms with Crippen molar-refractivity contribution in [1.82, 2.24) is 79.2 Å². The molecule has 29 heteroatoms. The van der Waals surface area contributed by atoms with Gasteiger partial charge in [-0.2, -0.15) is 18.7 Å². The third-order valence-corrected chi connectivity index (χ3v) is 15.3. The molecule has 1 fully saturated rings. The maximum absolute atomic E-state index is 12.2. The molecule has 12 aromatic rings. The van der Waals surface area contributed by atoms with Crippen molar-refractivity contribution in [3.8, 4) is 46.5 Å². The van der Waals surface area contributed by atoms with Crippen LogP contribution in [0.15, 0.2) is 159 Å². The highest BCUT2D eigenvalue weighted by atomic mass is 127. The SMILES string of the molecule is [3H]c1ccc(OCc2c(C)coc2-n2nnn(C)c2=O)c(C)c1.[3H]c1ccc(OCc2c(C3CC3)coc2-n2nnn(C)c2=O)c(C)c1.[3H]c1ccc(OCc2c(CC)coc2-n2nnn(C)c2=O)c(C)c1.[3H]c1ccc(OCc2c(I)coc2-n2nnn(C)c2=O)c(C)c1. The number of benzene rings is 4. The molecule has 8 heterocycles. The minimum Gasteiger partial charge on any atom is -0.488 e. The molecule has 0 amide bonds. The van der Waals surface area contributed by atoms with Gasteiger partial charge >= 0.3 is 22.8 Å². The van der Waals surface area contributed by atoms with Crippen molar-refractivity contribution in [2.75, 3.05) is 0 Å². The van der Waals surface area contributed by atoms with E-state index < -0.39 is 11.4 Å². The van der Waals surface area contributed by atoms with Crippen molar-refractivity contribution in [2.45, 2.75) is 93.2 Å². The third-order valence-electron chi connectivity index (χ3n) is 14.4. The predicted octanol–water partition coefficient (Wildman–Crippen LogP) is 8.14. The second kappa shape index (κ2) is 28.3. The normalized spacial score (nSPS) is 12.3. The van der Waals surface area contributed by atoms with E-state index in [1.165, 1.54) is 27.4 Å². The Morgan fingerprint density at radius 3 is 1.14 bits per heavy atom. The Bertz CT molecular complexity index is 4810. The fourth-order valence-electron chi connectivity index (χ4n) is 8.96. The van der Waals surface area contributed by atoms with Gasteiger partial charge in [-0.05, 0) is 182 Å². The van der Waals surface area contributed by atoms with Gasteiger partial charge in [0, 0.05) is 33.8 Å². The first-order valence-corrected chi connectivity index (χ1v) is 29.4. The van der Waals surface area contributed by atoms with Crippen LogP contribution in [0.5, 0.6) is 23.0 Å². The average Bonchev–Trinajstić information content (AvgIpc) is 1.65. The number of halogens is 1. The number of aryl methyl sites for hydroxylation is 10. The van der Waals surface area contributed by atoms with E-state index in [2.05, 4.69) is 64.3 Å². The first-order chi connectivity index (χ1) is 45.5. The van der Waals surface area contributed by atoms with Crippen LogP contribution in [0.4, 0.5) is 0 Å². The third kappa shape index (κ3) is 14.3. The van der Waals surface area contributed by atoms with Crippen molar-refractivity contribution >= 4 is 22.6 Å². The molecule has 0 atom stereocenters. The maximum Gasteiger partial charge on any atom is 0.370 e. The first kappa shape index (κ1) is 58.1. The van der Waals surface area contributed by atoms with Gasteiger partial charge in [0.1, 0.15) is 55.7 Å². The minimum absolute atomic E-state index is 0.214. The van der Waals surface area contributed by atoms with E-state index in [1.807, 2.05) is 41.5 Å². The molecule has 0 bridgehead atoms. The van der Waals surface area contributed by atoms with Crippen molar-refractivity contribution in [1.29, 1.82) is 0 Å². The molecule has 91 heavy (non-hydrogen) atoms. The first-order valence-electron chi connectivity index (χ1n) is 30.3. The lowest BCUT2D eigenvalue weighted by Crippen LogP contribution is -2.22. The summed E-state index contributed by atoms with van der Waals surface area (Å²) in [6, 6.07) is 22.4. The van der Waals surface area contributed by atoms with Gasteiger partial charge in [0.25, 0.3) is 0 Å². The molecule has 1 aliphatic rings. The Hall–Kier alpha value is -10.6. The summed E-state index contributed by atoms with van der Waals surface area (Å²) in [6.45, 7) is 12.3. The standard InChI is InChI=1S/C17H18N4O3.C16H18N4O3.C15H16N4O3.C14H13IN4O3/c1-11-5-3-4-6-15(11)23-10-14-13(12-7-8-12)9-24-16(14)21-17(22)20(2)18-19-21;1-4-12-9-23-15(20-16(21)19(3)17-18-20)13(12)10-22-14-8-6-5-7-11(14)2;1-10-6-4-5-7-13(10)21-9-12-11(2)8-22-14(12)19-15(20)18(3)16-17-19;1-9-5-3-4-6-12(9)21-7-10-11(15)8-22-13(10)19-14(20)18(2)16-17-19/h3-6,9,12H,7-8,10H2,1-2H3;5-9H,4,10H2,1-3H3;4-8H,9H2,1-3H3;3-6,8H,7H2,1-2H3/i3T;5T;4T;3T. The molecular weight excluding hydrogens is 1290 g/mol. The summed E-state index contributed by atoms with van der Waals surface area (Å²) in [5.74, 6) is 4.46. The van der Waals surface area contributed by atoms with Gasteiger partial charge in [-0.1, -0.05) is 79.6 Å². The molecule has 1 saturated carbocycles. The molecule has 13 rings (SSSR count). The molecule has 0 aliphatic heterocycles. The van der Waals surface area contributed by atoms with Crippen molar-refractivity contribution in [3.63, 3.8) is 0 Å². The van der Waals surface area contributed by atoms with E-state index in [1.54, 1.807) is 98.6 Å². The lowest BCUT2D eigenvalue weighted by Gasteiger charge is -2.10. The summed E-state index contributed by atoms with van der Waals surface area (Å²) in [6.07, 6.45) is 9.33.